The molecule has 0 fully saturated rings. The van der Waals surface area contributed by atoms with Gasteiger partial charge in [0.1, 0.15) is 11.1 Å². The van der Waals surface area contributed by atoms with E-state index in [0.717, 1.165) is 16.3 Å². The van der Waals surface area contributed by atoms with Gasteiger partial charge in [-0.1, -0.05) is 29.8 Å². The largest absolute Gasteiger partial charge is 0.241 e. The van der Waals surface area contributed by atoms with Crippen molar-refractivity contribution in [1.29, 1.82) is 5.26 Å². The molecule has 0 unspecified atom stereocenters. The van der Waals surface area contributed by atoms with Gasteiger partial charge in [0.2, 0.25) is 0 Å². The van der Waals surface area contributed by atoms with Gasteiger partial charge in [0, 0.05) is 16.1 Å². The molecule has 0 aliphatic heterocycles. The van der Waals surface area contributed by atoms with Crippen LogP contribution in [0.2, 0.25) is 5.02 Å². The third-order valence-electron chi connectivity index (χ3n) is 2.17. The number of thiazole rings is 1. The van der Waals surface area contributed by atoms with E-state index in [1.165, 1.54) is 11.3 Å². The minimum absolute atomic E-state index is 0.538. The Balaban J connectivity index is 2.44. The molecule has 0 aliphatic carbocycles. The molecule has 0 bridgehead atoms. The molecular weight excluding hydrogens is 252 g/mol. The smallest absolute Gasteiger partial charge is 0.134 e. The molecule has 0 aliphatic rings. The summed E-state index contributed by atoms with van der Waals surface area (Å²) < 4.78 is 0. The first-order valence-electron chi connectivity index (χ1n) is 4.99. The van der Waals surface area contributed by atoms with E-state index in [0.29, 0.717) is 10.6 Å². The second-order valence-electron chi connectivity index (χ2n) is 3.49. The monoisotopic (exact) mass is 260 g/mol. The van der Waals surface area contributed by atoms with Gasteiger partial charge in [0.15, 0.2) is 0 Å². The van der Waals surface area contributed by atoms with Crippen molar-refractivity contribution in [3.63, 3.8) is 0 Å². The molecule has 84 valence electrons. The van der Waals surface area contributed by atoms with Crippen LogP contribution in [0, 0.1) is 18.3 Å². The van der Waals surface area contributed by atoms with Crippen molar-refractivity contribution < 1.29 is 0 Å². The quantitative estimate of drug-likeness (QED) is 0.760. The van der Waals surface area contributed by atoms with Crippen LogP contribution in [0.4, 0.5) is 0 Å². The highest BCUT2D eigenvalue weighted by molar-refractivity contribution is 7.11. The van der Waals surface area contributed by atoms with Gasteiger partial charge in [-0.2, -0.15) is 5.26 Å². The van der Waals surface area contributed by atoms with E-state index in [-0.39, 0.29) is 0 Å². The number of hydrogen-bond donors (Lipinski definition) is 0. The highest BCUT2D eigenvalue weighted by Crippen LogP contribution is 2.24. The number of aryl methyl sites for hydroxylation is 1. The lowest BCUT2D eigenvalue weighted by atomic mass is 10.1. The van der Waals surface area contributed by atoms with Crippen LogP contribution >= 0.6 is 22.9 Å². The maximum Gasteiger partial charge on any atom is 0.134 e. The first-order valence-corrected chi connectivity index (χ1v) is 6.25. The van der Waals surface area contributed by atoms with Crippen LogP contribution < -0.4 is 0 Å². The van der Waals surface area contributed by atoms with Crippen molar-refractivity contribution in [1.82, 2.24) is 4.98 Å². The number of hydrogen-bond acceptors (Lipinski definition) is 3. The summed E-state index contributed by atoms with van der Waals surface area (Å²) in [5.41, 5.74) is 2.29. The molecule has 2 nitrogen and oxygen atoms in total. The Morgan fingerprint density at radius 1 is 1.47 bits per heavy atom. The molecule has 17 heavy (non-hydrogen) atoms. The van der Waals surface area contributed by atoms with Crippen molar-refractivity contribution in [3.8, 4) is 6.07 Å². The third-order valence-corrected chi connectivity index (χ3v) is 3.51. The first kappa shape index (κ1) is 11.8. The molecular formula is C13H9ClN2S. The maximum atomic E-state index is 9.15. The Morgan fingerprint density at radius 2 is 2.24 bits per heavy atom. The molecule has 1 aromatic carbocycles. The molecule has 0 amide bonds. The molecule has 0 saturated heterocycles. The Hall–Kier alpha value is -1.63. The fraction of sp³-hybridized carbons (Fsp3) is 0.0769. The minimum Gasteiger partial charge on any atom is -0.241 e. The highest BCUT2D eigenvalue weighted by atomic mass is 35.5. The van der Waals surface area contributed by atoms with Gasteiger partial charge in [-0.05, 0) is 24.6 Å². The van der Waals surface area contributed by atoms with Crippen LogP contribution in [-0.4, -0.2) is 4.98 Å². The predicted octanol–water partition coefficient (Wildman–Crippen LogP) is 4.17. The average molecular weight is 261 g/mol. The molecule has 4 heteroatoms. The Labute approximate surface area is 109 Å². The first-order chi connectivity index (χ1) is 8.20. The Kier molecular flexibility index (Phi) is 3.58. The SMILES string of the molecule is Cc1csc(/C(C#N)=C/c2ccccc2Cl)n1. The van der Waals surface area contributed by atoms with E-state index >= 15 is 0 Å². The van der Waals surface area contributed by atoms with E-state index in [9.17, 15) is 0 Å². The fourth-order valence-electron chi connectivity index (χ4n) is 1.37. The maximum absolute atomic E-state index is 9.15. The zero-order valence-corrected chi connectivity index (χ0v) is 10.7. The fourth-order valence-corrected chi connectivity index (χ4v) is 2.32. The number of halogens is 1. The van der Waals surface area contributed by atoms with Crippen LogP contribution in [-0.2, 0) is 0 Å². The molecule has 0 radical (unpaired) electrons. The molecule has 1 aromatic heterocycles. The van der Waals surface area contributed by atoms with Crippen molar-refractivity contribution in [2.75, 3.05) is 0 Å². The van der Waals surface area contributed by atoms with Crippen molar-refractivity contribution >= 4 is 34.6 Å². The van der Waals surface area contributed by atoms with E-state index in [2.05, 4.69) is 11.1 Å². The van der Waals surface area contributed by atoms with Gasteiger partial charge < -0.3 is 0 Å². The van der Waals surface area contributed by atoms with Crippen molar-refractivity contribution in [2.24, 2.45) is 0 Å². The predicted molar refractivity (Wildman–Crippen MR) is 71.8 cm³/mol. The molecule has 2 rings (SSSR count). The lowest BCUT2D eigenvalue weighted by Crippen LogP contribution is -1.82. The normalized spacial score (nSPS) is 11.2. The lowest BCUT2D eigenvalue weighted by molar-refractivity contribution is 1.25. The summed E-state index contributed by atoms with van der Waals surface area (Å²) >= 11 is 7.51. The van der Waals surface area contributed by atoms with Crippen LogP contribution in [0.3, 0.4) is 0 Å². The van der Waals surface area contributed by atoms with Crippen LogP contribution in [0.5, 0.6) is 0 Å². The Morgan fingerprint density at radius 3 is 2.82 bits per heavy atom. The molecule has 0 saturated carbocycles. The third kappa shape index (κ3) is 2.73. The van der Waals surface area contributed by atoms with Crippen molar-refractivity contribution in [2.45, 2.75) is 6.92 Å². The summed E-state index contributed by atoms with van der Waals surface area (Å²) in [6, 6.07) is 9.58. The van der Waals surface area contributed by atoms with E-state index < -0.39 is 0 Å². The van der Waals surface area contributed by atoms with Gasteiger partial charge in [0.25, 0.3) is 0 Å². The summed E-state index contributed by atoms with van der Waals surface area (Å²) in [6.45, 7) is 1.91. The second kappa shape index (κ2) is 5.13. The summed E-state index contributed by atoms with van der Waals surface area (Å²) in [5.74, 6) is 0. The number of rotatable bonds is 2. The molecule has 0 spiro atoms. The summed E-state index contributed by atoms with van der Waals surface area (Å²) in [5, 5.41) is 12.4. The van der Waals surface area contributed by atoms with Crippen LogP contribution in [0.15, 0.2) is 29.6 Å². The lowest BCUT2D eigenvalue weighted by Gasteiger charge is -1.98. The number of aromatic nitrogens is 1. The van der Waals surface area contributed by atoms with Gasteiger partial charge in [-0.3, -0.25) is 0 Å². The molecule has 0 atom stereocenters. The van der Waals surface area contributed by atoms with Gasteiger partial charge in [-0.15, -0.1) is 11.3 Å². The van der Waals surface area contributed by atoms with E-state index in [1.807, 2.05) is 30.5 Å². The van der Waals surface area contributed by atoms with Crippen LogP contribution in [0.1, 0.15) is 16.3 Å². The molecule has 1 heterocycles. The van der Waals surface area contributed by atoms with Gasteiger partial charge in [0.05, 0.1) is 5.57 Å². The standard InChI is InChI=1S/C13H9ClN2S/c1-9-8-17-13(16-9)11(7-15)6-10-4-2-3-5-12(10)14/h2-6,8H,1H3/b11-6+. The number of nitrogens with zero attached hydrogens (tertiary/aromatic N) is 2. The second-order valence-corrected chi connectivity index (χ2v) is 4.75. The molecule has 2 aromatic rings. The number of allylic oxidation sites excluding steroid dienone is 1. The average Bonchev–Trinajstić information content (AvgIpc) is 2.75. The summed E-state index contributed by atoms with van der Waals surface area (Å²) in [7, 11) is 0. The van der Waals surface area contributed by atoms with Crippen molar-refractivity contribution in [3.05, 3.63) is 50.9 Å². The molecule has 0 N–H and O–H groups in total. The minimum atomic E-state index is 0.538. The number of nitriles is 1. The zero-order valence-electron chi connectivity index (χ0n) is 9.14. The van der Waals surface area contributed by atoms with Crippen LogP contribution in [0.25, 0.3) is 11.6 Å². The zero-order chi connectivity index (χ0) is 12.3. The van der Waals surface area contributed by atoms with E-state index in [1.54, 1.807) is 12.1 Å². The van der Waals surface area contributed by atoms with Gasteiger partial charge in [-0.25, -0.2) is 4.98 Å². The van der Waals surface area contributed by atoms with E-state index in [4.69, 9.17) is 16.9 Å². The topological polar surface area (TPSA) is 36.7 Å². The summed E-state index contributed by atoms with van der Waals surface area (Å²) in [4.78, 5) is 4.29. The number of benzene rings is 1. The highest BCUT2D eigenvalue weighted by Gasteiger charge is 2.06. The summed E-state index contributed by atoms with van der Waals surface area (Å²) in [6.07, 6.45) is 1.76. The Bertz CT molecular complexity index is 608. The van der Waals surface area contributed by atoms with Gasteiger partial charge >= 0.3 is 0 Å².